The molecule has 4 N–H and O–H groups in total. The number of rotatable bonds is 3. The molecule has 23 heavy (non-hydrogen) atoms. The van der Waals surface area contributed by atoms with Crippen molar-refractivity contribution in [1.82, 2.24) is 8.96 Å². The van der Waals surface area contributed by atoms with Gasteiger partial charge in [-0.2, -0.15) is 3.97 Å². The van der Waals surface area contributed by atoms with E-state index in [0.29, 0.717) is 15.2 Å². The van der Waals surface area contributed by atoms with Crippen LogP contribution in [0, 0.1) is 0 Å². The molecule has 0 spiro atoms. The standard InChI is InChI=1S/C14H11N3O5S/c15-9-3-6-11-12(7-9)17(14(20)16-11)23(21,22)10-4-1-8(2-5-10)13(18)19/h1-7H,15H2,(H,16,20)(H,18,19). The van der Waals surface area contributed by atoms with E-state index in [4.69, 9.17) is 10.8 Å². The fourth-order valence-corrected chi connectivity index (χ4v) is 3.58. The first-order chi connectivity index (χ1) is 10.8. The number of nitrogens with one attached hydrogen (secondary N) is 1. The van der Waals surface area contributed by atoms with Gasteiger partial charge in [-0.15, -0.1) is 0 Å². The first-order valence-electron chi connectivity index (χ1n) is 6.40. The number of hydrogen-bond acceptors (Lipinski definition) is 5. The number of H-pyrrole nitrogens is 1. The zero-order chi connectivity index (χ0) is 16.8. The number of carbonyl (C=O) groups is 1. The maximum Gasteiger partial charge on any atom is 0.340 e. The number of fused-ring (bicyclic) bond motifs is 1. The zero-order valence-corrected chi connectivity index (χ0v) is 12.4. The smallest absolute Gasteiger partial charge is 0.340 e. The van der Waals surface area contributed by atoms with Gasteiger partial charge in [-0.05, 0) is 42.5 Å². The third kappa shape index (κ3) is 2.36. The predicted octanol–water partition coefficient (Wildman–Crippen LogP) is 0.847. The Morgan fingerprint density at radius 1 is 1.13 bits per heavy atom. The van der Waals surface area contributed by atoms with E-state index in [1.54, 1.807) is 0 Å². The summed E-state index contributed by atoms with van der Waals surface area (Å²) in [5.74, 6) is -1.18. The van der Waals surface area contributed by atoms with Gasteiger partial charge in [0.15, 0.2) is 0 Å². The van der Waals surface area contributed by atoms with Crippen LogP contribution in [-0.2, 0) is 10.0 Å². The zero-order valence-electron chi connectivity index (χ0n) is 11.6. The SMILES string of the molecule is Nc1ccc2[nH]c(=O)n(S(=O)(=O)c3ccc(C(=O)O)cc3)c2c1. The second-order valence-corrected chi connectivity index (χ2v) is 6.59. The van der Waals surface area contributed by atoms with E-state index in [-0.39, 0.29) is 16.0 Å². The molecule has 1 aromatic heterocycles. The Morgan fingerprint density at radius 3 is 2.39 bits per heavy atom. The summed E-state index contributed by atoms with van der Waals surface area (Å²) in [5, 5.41) is 8.85. The number of carboxylic acids is 1. The van der Waals surface area contributed by atoms with E-state index in [0.717, 1.165) is 24.3 Å². The lowest BCUT2D eigenvalue weighted by atomic mass is 10.2. The lowest BCUT2D eigenvalue weighted by molar-refractivity contribution is 0.0696. The highest BCUT2D eigenvalue weighted by Gasteiger charge is 2.23. The quantitative estimate of drug-likeness (QED) is 0.608. The van der Waals surface area contributed by atoms with Gasteiger partial charge >= 0.3 is 11.7 Å². The molecule has 0 saturated carbocycles. The van der Waals surface area contributed by atoms with E-state index in [1.165, 1.54) is 18.2 Å². The Labute approximate surface area is 129 Å². The molecule has 0 bridgehead atoms. The lowest BCUT2D eigenvalue weighted by Gasteiger charge is -2.06. The number of nitrogens with two attached hydrogens (primary N) is 1. The Hall–Kier alpha value is -3.07. The van der Waals surface area contributed by atoms with Crippen LogP contribution in [0.3, 0.4) is 0 Å². The molecule has 8 nitrogen and oxygen atoms in total. The van der Waals surface area contributed by atoms with Crippen molar-refractivity contribution in [3.8, 4) is 0 Å². The van der Waals surface area contributed by atoms with E-state index in [9.17, 15) is 18.0 Å². The maximum atomic E-state index is 12.7. The summed E-state index contributed by atoms with van der Waals surface area (Å²) < 4.78 is 26.0. The largest absolute Gasteiger partial charge is 0.478 e. The molecule has 0 aliphatic rings. The Balaban J connectivity index is 2.24. The van der Waals surface area contributed by atoms with Crippen molar-refractivity contribution in [2.75, 3.05) is 5.73 Å². The number of hydrogen-bond donors (Lipinski definition) is 3. The number of imidazole rings is 1. The van der Waals surface area contributed by atoms with Gasteiger partial charge in [0.1, 0.15) is 0 Å². The number of benzene rings is 2. The summed E-state index contributed by atoms with van der Waals surface area (Å²) in [5.41, 5.74) is 5.52. The van der Waals surface area contributed by atoms with Crippen molar-refractivity contribution in [1.29, 1.82) is 0 Å². The number of aromatic amines is 1. The minimum atomic E-state index is -4.19. The Bertz CT molecular complexity index is 1080. The van der Waals surface area contributed by atoms with Gasteiger partial charge in [-0.25, -0.2) is 18.0 Å². The minimum absolute atomic E-state index is 0.0560. The molecular weight excluding hydrogens is 322 g/mol. The normalized spacial score (nSPS) is 11.7. The molecule has 118 valence electrons. The Morgan fingerprint density at radius 2 is 1.78 bits per heavy atom. The van der Waals surface area contributed by atoms with E-state index in [1.807, 2.05) is 0 Å². The average Bonchev–Trinajstić information content (AvgIpc) is 2.83. The molecule has 2 aromatic carbocycles. The van der Waals surface area contributed by atoms with Crippen molar-refractivity contribution in [2.45, 2.75) is 4.90 Å². The number of aromatic nitrogens is 2. The molecule has 0 aliphatic heterocycles. The van der Waals surface area contributed by atoms with Crippen molar-refractivity contribution < 1.29 is 18.3 Å². The molecule has 0 fully saturated rings. The summed E-state index contributed by atoms with van der Waals surface area (Å²) >= 11 is 0. The number of carboxylic acid groups (broad SMARTS) is 1. The van der Waals surface area contributed by atoms with Crippen LogP contribution in [-0.4, -0.2) is 28.5 Å². The van der Waals surface area contributed by atoms with Gasteiger partial charge in [0.05, 0.1) is 21.5 Å². The first kappa shape index (κ1) is 14.9. The Kier molecular flexibility index (Phi) is 3.22. The van der Waals surface area contributed by atoms with Crippen LogP contribution in [0.15, 0.2) is 52.2 Å². The fraction of sp³-hybridized carbons (Fsp3) is 0. The van der Waals surface area contributed by atoms with E-state index in [2.05, 4.69) is 4.98 Å². The fourth-order valence-electron chi connectivity index (χ4n) is 2.21. The van der Waals surface area contributed by atoms with Crippen molar-refractivity contribution in [3.63, 3.8) is 0 Å². The van der Waals surface area contributed by atoms with Gasteiger partial charge in [-0.3, -0.25) is 0 Å². The van der Waals surface area contributed by atoms with E-state index < -0.39 is 21.7 Å². The summed E-state index contributed by atoms with van der Waals surface area (Å²) in [6, 6.07) is 9.00. The molecule has 9 heteroatoms. The van der Waals surface area contributed by atoms with Crippen LogP contribution in [0.4, 0.5) is 5.69 Å². The second kappa shape index (κ2) is 4.99. The molecule has 0 atom stereocenters. The van der Waals surface area contributed by atoms with Crippen LogP contribution in [0.1, 0.15) is 10.4 Å². The van der Waals surface area contributed by atoms with Gasteiger partial charge < -0.3 is 15.8 Å². The van der Waals surface area contributed by atoms with E-state index >= 15 is 0 Å². The number of anilines is 1. The topological polar surface area (TPSA) is 135 Å². The molecule has 0 amide bonds. The first-order valence-corrected chi connectivity index (χ1v) is 7.84. The molecule has 3 aromatic rings. The number of aromatic carboxylic acids is 1. The third-order valence-electron chi connectivity index (χ3n) is 3.31. The number of nitrogen functional groups attached to an aromatic ring is 1. The summed E-state index contributed by atoms with van der Waals surface area (Å²) in [6.07, 6.45) is 0. The van der Waals surface area contributed by atoms with Crippen LogP contribution >= 0.6 is 0 Å². The number of nitrogens with zero attached hydrogens (tertiary/aromatic N) is 1. The minimum Gasteiger partial charge on any atom is -0.478 e. The van der Waals surface area contributed by atoms with Crippen LogP contribution in [0.2, 0.25) is 0 Å². The van der Waals surface area contributed by atoms with Crippen molar-refractivity contribution >= 4 is 32.7 Å². The third-order valence-corrected chi connectivity index (χ3v) is 5.02. The van der Waals surface area contributed by atoms with Crippen molar-refractivity contribution in [3.05, 3.63) is 58.5 Å². The van der Waals surface area contributed by atoms with Gasteiger partial charge in [0, 0.05) is 5.69 Å². The molecule has 3 rings (SSSR count). The van der Waals surface area contributed by atoms with Crippen LogP contribution in [0.25, 0.3) is 11.0 Å². The van der Waals surface area contributed by atoms with Crippen LogP contribution in [0.5, 0.6) is 0 Å². The maximum absolute atomic E-state index is 12.7. The monoisotopic (exact) mass is 333 g/mol. The summed E-state index contributed by atoms with van der Waals surface area (Å²) in [7, 11) is -4.19. The molecular formula is C14H11N3O5S. The highest BCUT2D eigenvalue weighted by atomic mass is 32.2. The van der Waals surface area contributed by atoms with Gasteiger partial charge in [-0.1, -0.05) is 0 Å². The molecule has 0 unspecified atom stereocenters. The second-order valence-electron chi connectivity index (χ2n) is 4.81. The average molecular weight is 333 g/mol. The van der Waals surface area contributed by atoms with Crippen molar-refractivity contribution in [2.24, 2.45) is 0 Å². The molecule has 1 heterocycles. The molecule has 0 aliphatic carbocycles. The summed E-state index contributed by atoms with van der Waals surface area (Å²) in [6.45, 7) is 0. The van der Waals surface area contributed by atoms with Gasteiger partial charge in [0.2, 0.25) is 0 Å². The molecule has 0 saturated heterocycles. The van der Waals surface area contributed by atoms with Crippen LogP contribution < -0.4 is 11.4 Å². The highest BCUT2D eigenvalue weighted by molar-refractivity contribution is 7.90. The summed E-state index contributed by atoms with van der Waals surface area (Å²) in [4.78, 5) is 25.1. The predicted molar refractivity (Wildman–Crippen MR) is 83.0 cm³/mol. The van der Waals surface area contributed by atoms with Gasteiger partial charge in [0.25, 0.3) is 10.0 Å². The highest BCUT2D eigenvalue weighted by Crippen LogP contribution is 2.20. The lowest BCUT2D eigenvalue weighted by Crippen LogP contribution is -2.25. The molecule has 0 radical (unpaired) electrons.